The second kappa shape index (κ2) is 55.4. The normalized spacial score (nSPS) is 18.7. The number of aliphatic hydroxyl groups is 2. The highest BCUT2D eigenvalue weighted by Gasteiger charge is 2.50. The molecule has 6 unspecified atom stereocenters. The molecule has 1 aliphatic rings. The molecule has 12 nitrogen and oxygen atoms in total. The van der Waals surface area contributed by atoms with Gasteiger partial charge in [0, 0.05) is 12.8 Å². The molecule has 0 aromatic carbocycles. The van der Waals surface area contributed by atoms with E-state index in [4.69, 9.17) is 23.7 Å². The maximum atomic E-state index is 13.2. The lowest BCUT2D eigenvalue weighted by atomic mass is 9.98. The summed E-state index contributed by atoms with van der Waals surface area (Å²) < 4.78 is 28.3. The molecule has 0 saturated carbocycles. The summed E-state index contributed by atoms with van der Waals surface area (Å²) in [6.07, 6.45) is 65.8. The summed E-state index contributed by atoms with van der Waals surface area (Å²) in [6.45, 7) is 5.68. The van der Waals surface area contributed by atoms with Crippen LogP contribution in [0.15, 0.2) is 134 Å². The largest absolute Gasteiger partial charge is 0.479 e. The van der Waals surface area contributed by atoms with Gasteiger partial charge in [-0.2, -0.15) is 0 Å². The fourth-order valence-corrected chi connectivity index (χ4v) is 8.52. The van der Waals surface area contributed by atoms with Crippen LogP contribution in [0.4, 0.5) is 0 Å². The van der Waals surface area contributed by atoms with Gasteiger partial charge in [0.1, 0.15) is 18.8 Å². The highest BCUT2D eigenvalue weighted by Crippen LogP contribution is 2.26. The smallest absolute Gasteiger partial charge is 0.335 e. The second-order valence-electron chi connectivity index (χ2n) is 20.6. The van der Waals surface area contributed by atoms with Crippen molar-refractivity contribution < 1.29 is 58.2 Å². The predicted molar refractivity (Wildman–Crippen MR) is 330 cm³/mol. The molecule has 3 N–H and O–H groups in total. The topological polar surface area (TPSA) is 175 Å². The number of ether oxygens (including phenoxy) is 5. The minimum atomic E-state index is -1.95. The molecule has 0 radical (unpaired) electrons. The number of aliphatic carboxylic acids is 1. The third-order valence-electron chi connectivity index (χ3n) is 13.2. The molecule has 81 heavy (non-hydrogen) atoms. The summed E-state index contributed by atoms with van der Waals surface area (Å²) >= 11 is 0. The summed E-state index contributed by atoms with van der Waals surface area (Å²) in [6, 6.07) is 0. The Kier molecular flexibility index (Phi) is 50.5. The zero-order valence-electron chi connectivity index (χ0n) is 50.2. The van der Waals surface area contributed by atoms with Gasteiger partial charge in [-0.25, -0.2) is 4.79 Å². The zero-order valence-corrected chi connectivity index (χ0v) is 50.2. The van der Waals surface area contributed by atoms with E-state index >= 15 is 0 Å². The summed E-state index contributed by atoms with van der Waals surface area (Å²) in [5, 5.41) is 31.5. The number of esters is 3. The van der Waals surface area contributed by atoms with E-state index in [-0.39, 0.29) is 25.9 Å². The molecule has 1 rings (SSSR count). The van der Waals surface area contributed by atoms with E-state index in [0.29, 0.717) is 19.3 Å². The first-order valence-electron chi connectivity index (χ1n) is 31.2. The Hall–Kier alpha value is -5.14. The van der Waals surface area contributed by atoms with Gasteiger partial charge in [-0.3, -0.25) is 14.4 Å². The lowest BCUT2D eigenvalue weighted by Crippen LogP contribution is -2.61. The van der Waals surface area contributed by atoms with Crippen LogP contribution >= 0.6 is 0 Å². The summed E-state index contributed by atoms with van der Waals surface area (Å²) in [5.74, 6) is -3.35. The molecule has 0 aromatic rings. The lowest BCUT2D eigenvalue weighted by Gasteiger charge is -2.40. The molecule has 0 amide bonds. The molecule has 0 aromatic heterocycles. The van der Waals surface area contributed by atoms with Gasteiger partial charge in [0.05, 0.1) is 13.0 Å². The van der Waals surface area contributed by atoms with Crippen molar-refractivity contribution in [3.63, 3.8) is 0 Å². The van der Waals surface area contributed by atoms with Crippen LogP contribution in [0.5, 0.6) is 0 Å². The van der Waals surface area contributed by atoms with Crippen LogP contribution in [0, 0.1) is 0 Å². The molecule has 1 aliphatic heterocycles. The summed E-state index contributed by atoms with van der Waals surface area (Å²) in [5.41, 5.74) is 0. The van der Waals surface area contributed by atoms with Gasteiger partial charge in [-0.1, -0.05) is 225 Å². The Balaban J connectivity index is 2.76. The van der Waals surface area contributed by atoms with E-state index in [1.54, 1.807) is 12.2 Å². The monoisotopic (exact) mass is 1130 g/mol. The van der Waals surface area contributed by atoms with Crippen LogP contribution in [0.2, 0.25) is 0 Å². The first-order valence-corrected chi connectivity index (χ1v) is 31.2. The minimum absolute atomic E-state index is 0.133. The summed E-state index contributed by atoms with van der Waals surface area (Å²) in [7, 11) is 0. The van der Waals surface area contributed by atoms with E-state index < -0.39 is 67.3 Å². The van der Waals surface area contributed by atoms with E-state index in [0.717, 1.165) is 109 Å². The first-order chi connectivity index (χ1) is 39.6. The van der Waals surface area contributed by atoms with Gasteiger partial charge in [-0.05, 0) is 116 Å². The maximum Gasteiger partial charge on any atom is 0.335 e. The van der Waals surface area contributed by atoms with Crippen molar-refractivity contribution >= 4 is 23.9 Å². The van der Waals surface area contributed by atoms with Crippen molar-refractivity contribution in [2.24, 2.45) is 0 Å². The minimum Gasteiger partial charge on any atom is -0.479 e. The quantitative estimate of drug-likeness (QED) is 0.0228. The standard InChI is InChI=1S/C69H108O12/c1-4-7-10-13-16-19-22-25-28-30-31-33-35-37-40-43-46-49-52-55-61(70)77-58-60(79-62(71)56-53-50-47-44-41-39-36-32-29-26-23-20-17-14-11-8-5-2)59-78-69-67(65(74)64(73)66(81-69)68(75)76)80-63(72)57-54-51-48-45-42-38-34-27-24-21-18-15-12-9-6-3/h7,9-10,12,16,18-19,21,25-29,31,33-34,37,40,42,45,51,54,60,64-67,69,73-74H,4-6,8,11,13-15,17,20,22-24,30,32,35-36,38-39,41,43-44,46-50,52-53,55-59H2,1-3H3,(H,75,76)/b10-7-,12-9-,19-16-,21-18-,28-25-,29-26-,33-31-,34-27-,40-37-,45-42-,54-51-. The predicted octanol–water partition coefficient (Wildman–Crippen LogP) is 16.6. The molecule has 0 aliphatic carbocycles. The number of hydrogen-bond donors (Lipinski definition) is 3. The Morgan fingerprint density at radius 2 is 0.815 bits per heavy atom. The van der Waals surface area contributed by atoms with Crippen LogP contribution in [0.3, 0.4) is 0 Å². The van der Waals surface area contributed by atoms with E-state index in [1.165, 1.54) is 57.8 Å². The number of unbranched alkanes of at least 4 members (excludes halogenated alkanes) is 16. The second-order valence-corrected chi connectivity index (χ2v) is 20.6. The Labute approximate surface area is 490 Å². The Morgan fingerprint density at radius 1 is 0.432 bits per heavy atom. The fourth-order valence-electron chi connectivity index (χ4n) is 8.52. The highest BCUT2D eigenvalue weighted by atomic mass is 16.7. The molecule has 0 bridgehead atoms. The Bertz CT molecular complexity index is 1920. The van der Waals surface area contributed by atoms with Gasteiger partial charge >= 0.3 is 23.9 Å². The van der Waals surface area contributed by atoms with Crippen molar-refractivity contribution in [1.82, 2.24) is 0 Å². The highest BCUT2D eigenvalue weighted by molar-refractivity contribution is 5.74. The molecule has 1 saturated heterocycles. The number of aliphatic hydroxyl groups excluding tert-OH is 2. The van der Waals surface area contributed by atoms with Crippen molar-refractivity contribution in [3.05, 3.63) is 134 Å². The maximum absolute atomic E-state index is 13.2. The third kappa shape index (κ3) is 45.1. The molecule has 456 valence electrons. The summed E-state index contributed by atoms with van der Waals surface area (Å²) in [4.78, 5) is 51.2. The molecule has 0 spiro atoms. The number of hydrogen-bond acceptors (Lipinski definition) is 11. The van der Waals surface area contributed by atoms with E-state index in [1.807, 2.05) is 12.2 Å². The molecular formula is C69H108O12. The Morgan fingerprint density at radius 3 is 1.27 bits per heavy atom. The number of carbonyl (C=O) groups is 4. The van der Waals surface area contributed by atoms with E-state index in [2.05, 4.69) is 130 Å². The number of carboxylic acids is 1. The lowest BCUT2D eigenvalue weighted by molar-refractivity contribution is -0.301. The van der Waals surface area contributed by atoms with Gasteiger partial charge in [0.25, 0.3) is 0 Å². The van der Waals surface area contributed by atoms with Crippen LogP contribution < -0.4 is 0 Å². The average Bonchev–Trinajstić information content (AvgIpc) is 3.53. The molecule has 6 atom stereocenters. The molecular weight excluding hydrogens is 1020 g/mol. The zero-order chi connectivity index (χ0) is 58.9. The van der Waals surface area contributed by atoms with Gasteiger partial charge in [0.2, 0.25) is 0 Å². The van der Waals surface area contributed by atoms with Crippen LogP contribution in [0.1, 0.15) is 226 Å². The fraction of sp³-hybridized carbons (Fsp3) is 0.623. The van der Waals surface area contributed by atoms with Crippen molar-refractivity contribution in [2.45, 2.75) is 263 Å². The van der Waals surface area contributed by atoms with Gasteiger partial charge < -0.3 is 39.0 Å². The van der Waals surface area contributed by atoms with E-state index in [9.17, 15) is 34.5 Å². The first kappa shape index (κ1) is 73.9. The van der Waals surface area contributed by atoms with Crippen molar-refractivity contribution in [1.29, 1.82) is 0 Å². The van der Waals surface area contributed by atoms with Gasteiger partial charge in [-0.15, -0.1) is 0 Å². The number of allylic oxidation sites excluding steroid dienone is 21. The average molecular weight is 1130 g/mol. The van der Waals surface area contributed by atoms with Crippen LogP contribution in [-0.2, 0) is 42.9 Å². The number of rotatable bonds is 51. The van der Waals surface area contributed by atoms with Crippen LogP contribution in [-0.4, -0.2) is 89.2 Å². The SMILES string of the molecule is CC/C=C\C/C=C\C/C=C\C/C=C\C/C=C\CCCCCC(=O)OCC(COC1OC(C(=O)O)C(O)C(O)C1OC(=O)C/C=C\C/C=C\C/C=C\C/C=C\C/C=C\CC)OC(=O)CCCCCCCCC/C=C\CCCCCCCC. The van der Waals surface area contributed by atoms with Crippen molar-refractivity contribution in [2.75, 3.05) is 13.2 Å². The number of carboxylic acid groups (broad SMARTS) is 1. The molecule has 1 heterocycles. The molecule has 12 heteroatoms. The number of carbonyl (C=O) groups excluding carboxylic acids is 3. The van der Waals surface area contributed by atoms with Gasteiger partial charge in [0.15, 0.2) is 24.6 Å². The molecule has 1 fully saturated rings. The van der Waals surface area contributed by atoms with Crippen LogP contribution in [0.25, 0.3) is 0 Å². The third-order valence-corrected chi connectivity index (χ3v) is 13.2. The van der Waals surface area contributed by atoms with Crippen molar-refractivity contribution in [3.8, 4) is 0 Å².